The third-order valence-corrected chi connectivity index (χ3v) is 3.00. The SMILES string of the molecule is COc1ccc(C(CN)c2nnc(C(C)C)o2)cc1. The minimum atomic E-state index is -0.0779. The third-order valence-electron chi connectivity index (χ3n) is 3.00. The Balaban J connectivity index is 2.26. The number of nitrogens with zero attached hydrogens (tertiary/aromatic N) is 2. The summed E-state index contributed by atoms with van der Waals surface area (Å²) in [5.74, 6) is 2.16. The minimum Gasteiger partial charge on any atom is -0.497 e. The monoisotopic (exact) mass is 261 g/mol. The van der Waals surface area contributed by atoms with Crippen LogP contribution in [0.4, 0.5) is 0 Å². The highest BCUT2D eigenvalue weighted by Gasteiger charge is 2.20. The second-order valence-electron chi connectivity index (χ2n) is 4.69. The van der Waals surface area contributed by atoms with Crippen molar-refractivity contribution in [3.05, 3.63) is 41.6 Å². The Morgan fingerprint density at radius 1 is 1.16 bits per heavy atom. The smallest absolute Gasteiger partial charge is 0.225 e. The summed E-state index contributed by atoms with van der Waals surface area (Å²) >= 11 is 0. The summed E-state index contributed by atoms with van der Waals surface area (Å²) in [5, 5.41) is 8.15. The first kappa shape index (κ1) is 13.5. The first-order valence-corrected chi connectivity index (χ1v) is 6.33. The van der Waals surface area contributed by atoms with Crippen LogP contribution < -0.4 is 10.5 Å². The largest absolute Gasteiger partial charge is 0.497 e. The molecule has 2 N–H and O–H groups in total. The van der Waals surface area contributed by atoms with Crippen molar-refractivity contribution in [2.75, 3.05) is 13.7 Å². The van der Waals surface area contributed by atoms with E-state index in [0.29, 0.717) is 18.3 Å². The van der Waals surface area contributed by atoms with Crippen LogP contribution in [-0.4, -0.2) is 23.9 Å². The zero-order chi connectivity index (χ0) is 13.8. The standard InChI is InChI=1S/C14H19N3O2/c1-9(2)13-16-17-14(19-13)12(8-15)10-4-6-11(18-3)7-5-10/h4-7,9,12H,8,15H2,1-3H3. The highest BCUT2D eigenvalue weighted by molar-refractivity contribution is 5.32. The summed E-state index contributed by atoms with van der Waals surface area (Å²) in [6.45, 7) is 4.45. The average Bonchev–Trinajstić information content (AvgIpc) is 2.90. The van der Waals surface area contributed by atoms with Gasteiger partial charge in [0.2, 0.25) is 11.8 Å². The van der Waals surface area contributed by atoms with E-state index in [1.807, 2.05) is 38.1 Å². The van der Waals surface area contributed by atoms with E-state index in [2.05, 4.69) is 10.2 Å². The molecule has 0 fully saturated rings. The summed E-state index contributed by atoms with van der Waals surface area (Å²) in [6, 6.07) is 7.74. The Labute approximate surface area is 112 Å². The first-order valence-electron chi connectivity index (χ1n) is 6.33. The molecule has 1 atom stereocenters. The Bertz CT molecular complexity index is 520. The molecule has 0 bridgehead atoms. The van der Waals surface area contributed by atoms with Crippen LogP contribution in [-0.2, 0) is 0 Å². The molecule has 0 aliphatic carbocycles. The van der Waals surface area contributed by atoms with Crippen molar-refractivity contribution in [3.63, 3.8) is 0 Å². The number of hydrogen-bond donors (Lipinski definition) is 1. The summed E-state index contributed by atoms with van der Waals surface area (Å²) < 4.78 is 10.8. The zero-order valence-electron chi connectivity index (χ0n) is 11.5. The molecule has 0 saturated carbocycles. The molecular formula is C14H19N3O2. The number of nitrogens with two attached hydrogens (primary N) is 1. The van der Waals surface area contributed by atoms with E-state index in [9.17, 15) is 0 Å². The number of ether oxygens (including phenoxy) is 1. The van der Waals surface area contributed by atoms with Gasteiger partial charge in [0, 0.05) is 12.5 Å². The van der Waals surface area contributed by atoms with Gasteiger partial charge < -0.3 is 14.9 Å². The molecule has 0 saturated heterocycles. The summed E-state index contributed by atoms with van der Waals surface area (Å²) in [7, 11) is 1.64. The van der Waals surface area contributed by atoms with Crippen LogP contribution in [0.25, 0.3) is 0 Å². The van der Waals surface area contributed by atoms with Crippen molar-refractivity contribution in [3.8, 4) is 5.75 Å². The van der Waals surface area contributed by atoms with Gasteiger partial charge in [-0.2, -0.15) is 0 Å². The van der Waals surface area contributed by atoms with E-state index in [1.165, 1.54) is 0 Å². The number of aromatic nitrogens is 2. The highest BCUT2D eigenvalue weighted by atomic mass is 16.5. The fourth-order valence-corrected chi connectivity index (χ4v) is 1.84. The van der Waals surface area contributed by atoms with Gasteiger partial charge in [0.1, 0.15) is 5.75 Å². The number of benzene rings is 1. The van der Waals surface area contributed by atoms with Crippen LogP contribution in [0.5, 0.6) is 5.75 Å². The molecule has 102 valence electrons. The Morgan fingerprint density at radius 2 is 1.79 bits per heavy atom. The normalized spacial score (nSPS) is 12.7. The fourth-order valence-electron chi connectivity index (χ4n) is 1.84. The molecule has 0 amide bonds. The molecule has 2 rings (SSSR count). The predicted molar refractivity (Wildman–Crippen MR) is 72.3 cm³/mol. The van der Waals surface area contributed by atoms with Crippen molar-refractivity contribution in [1.29, 1.82) is 0 Å². The molecule has 1 aromatic carbocycles. The molecule has 0 aliphatic heterocycles. The number of hydrogen-bond acceptors (Lipinski definition) is 5. The van der Waals surface area contributed by atoms with Gasteiger partial charge in [-0.3, -0.25) is 0 Å². The van der Waals surface area contributed by atoms with Gasteiger partial charge in [0.25, 0.3) is 0 Å². The molecule has 5 nitrogen and oxygen atoms in total. The predicted octanol–water partition coefficient (Wildman–Crippen LogP) is 2.29. The van der Waals surface area contributed by atoms with Crippen LogP contribution in [0.3, 0.4) is 0 Å². The van der Waals surface area contributed by atoms with Crippen LogP contribution in [0.2, 0.25) is 0 Å². The van der Waals surface area contributed by atoms with Gasteiger partial charge >= 0.3 is 0 Å². The first-order chi connectivity index (χ1) is 9.15. The van der Waals surface area contributed by atoms with Gasteiger partial charge in [-0.15, -0.1) is 10.2 Å². The number of rotatable bonds is 5. The zero-order valence-corrected chi connectivity index (χ0v) is 11.5. The average molecular weight is 261 g/mol. The van der Waals surface area contributed by atoms with E-state index in [1.54, 1.807) is 7.11 Å². The third kappa shape index (κ3) is 2.93. The molecule has 2 aromatic rings. The highest BCUT2D eigenvalue weighted by Crippen LogP contribution is 2.25. The number of methoxy groups -OCH3 is 1. The van der Waals surface area contributed by atoms with Gasteiger partial charge in [-0.05, 0) is 17.7 Å². The van der Waals surface area contributed by atoms with Gasteiger partial charge in [-0.1, -0.05) is 26.0 Å². The lowest BCUT2D eigenvalue weighted by Gasteiger charge is -2.11. The van der Waals surface area contributed by atoms with Crippen molar-refractivity contribution >= 4 is 0 Å². The lowest BCUT2D eigenvalue weighted by molar-refractivity contribution is 0.412. The van der Waals surface area contributed by atoms with Crippen molar-refractivity contribution in [2.45, 2.75) is 25.7 Å². The molecule has 1 unspecified atom stereocenters. The Hall–Kier alpha value is -1.88. The molecule has 0 aliphatic rings. The second kappa shape index (κ2) is 5.84. The molecular weight excluding hydrogens is 242 g/mol. The minimum absolute atomic E-state index is 0.0779. The lowest BCUT2D eigenvalue weighted by atomic mass is 9.99. The molecule has 5 heteroatoms. The van der Waals surface area contributed by atoms with E-state index in [-0.39, 0.29) is 11.8 Å². The summed E-state index contributed by atoms with van der Waals surface area (Å²) in [6.07, 6.45) is 0. The van der Waals surface area contributed by atoms with Crippen LogP contribution in [0.1, 0.15) is 43.0 Å². The molecule has 0 spiro atoms. The summed E-state index contributed by atoms with van der Waals surface area (Å²) in [4.78, 5) is 0. The summed E-state index contributed by atoms with van der Waals surface area (Å²) in [5.41, 5.74) is 6.88. The molecule has 1 heterocycles. The lowest BCUT2D eigenvalue weighted by Crippen LogP contribution is -2.14. The van der Waals surface area contributed by atoms with E-state index in [0.717, 1.165) is 11.3 Å². The maximum Gasteiger partial charge on any atom is 0.225 e. The van der Waals surface area contributed by atoms with Gasteiger partial charge in [0.15, 0.2) is 0 Å². The quantitative estimate of drug-likeness (QED) is 0.893. The fraction of sp³-hybridized carbons (Fsp3) is 0.429. The van der Waals surface area contributed by atoms with E-state index >= 15 is 0 Å². The van der Waals surface area contributed by atoms with Gasteiger partial charge in [-0.25, -0.2) is 0 Å². The van der Waals surface area contributed by atoms with Crippen molar-refractivity contribution in [2.24, 2.45) is 5.73 Å². The molecule has 1 aromatic heterocycles. The molecule has 0 radical (unpaired) electrons. The molecule has 19 heavy (non-hydrogen) atoms. The maximum atomic E-state index is 5.83. The van der Waals surface area contributed by atoms with Crippen LogP contribution in [0.15, 0.2) is 28.7 Å². The van der Waals surface area contributed by atoms with E-state index < -0.39 is 0 Å². The topological polar surface area (TPSA) is 74.2 Å². The van der Waals surface area contributed by atoms with Crippen molar-refractivity contribution < 1.29 is 9.15 Å². The Kier molecular flexibility index (Phi) is 4.16. The second-order valence-corrected chi connectivity index (χ2v) is 4.69. The van der Waals surface area contributed by atoms with Crippen LogP contribution in [0, 0.1) is 0 Å². The maximum absolute atomic E-state index is 5.83. The van der Waals surface area contributed by atoms with E-state index in [4.69, 9.17) is 14.9 Å². The Morgan fingerprint density at radius 3 is 2.26 bits per heavy atom. The van der Waals surface area contributed by atoms with Crippen LogP contribution >= 0.6 is 0 Å². The van der Waals surface area contributed by atoms with Crippen molar-refractivity contribution in [1.82, 2.24) is 10.2 Å². The van der Waals surface area contributed by atoms with Gasteiger partial charge in [0.05, 0.1) is 13.0 Å².